The molecule has 1 aromatic rings. The average molecular weight is 232 g/mol. The Balaban J connectivity index is 2.08. The van der Waals surface area contributed by atoms with Gasteiger partial charge in [0.1, 0.15) is 12.4 Å². The average Bonchev–Trinajstić information content (AvgIpc) is 2.29. The van der Waals surface area contributed by atoms with Crippen molar-refractivity contribution in [1.29, 1.82) is 0 Å². The van der Waals surface area contributed by atoms with Crippen molar-refractivity contribution < 1.29 is 9.84 Å². The minimum atomic E-state index is -0.286. The van der Waals surface area contributed by atoms with Gasteiger partial charge in [-0.3, -0.25) is 0 Å². The summed E-state index contributed by atoms with van der Waals surface area (Å²) in [6.45, 7) is 4.74. The van der Waals surface area contributed by atoms with Crippen LogP contribution in [0.15, 0.2) is 29.8 Å². The Morgan fingerprint density at radius 1 is 1.47 bits per heavy atom. The first-order chi connectivity index (χ1) is 8.16. The molecule has 0 fully saturated rings. The van der Waals surface area contributed by atoms with E-state index in [1.54, 1.807) is 0 Å². The van der Waals surface area contributed by atoms with Crippen LogP contribution in [0.1, 0.15) is 43.9 Å². The zero-order chi connectivity index (χ0) is 12.3. The standard InChI is InChI=1S/C15H20O2/c1-11(2)8-9-17-13-6-7-14-12(10-13)4-3-5-15(14)16/h6-8,10,15-16H,3-5,9H2,1-2H3. The maximum absolute atomic E-state index is 9.85. The summed E-state index contributed by atoms with van der Waals surface area (Å²) in [4.78, 5) is 0. The van der Waals surface area contributed by atoms with Crippen LogP contribution in [0, 0.1) is 0 Å². The summed E-state index contributed by atoms with van der Waals surface area (Å²) in [5.41, 5.74) is 3.57. The van der Waals surface area contributed by atoms with Crippen molar-refractivity contribution >= 4 is 0 Å². The number of allylic oxidation sites excluding steroid dienone is 1. The van der Waals surface area contributed by atoms with Crippen molar-refractivity contribution in [1.82, 2.24) is 0 Å². The van der Waals surface area contributed by atoms with Crippen molar-refractivity contribution in [3.8, 4) is 5.75 Å². The number of fused-ring (bicyclic) bond motifs is 1. The molecule has 1 aliphatic rings. The molecule has 1 aliphatic carbocycles. The topological polar surface area (TPSA) is 29.5 Å². The van der Waals surface area contributed by atoms with Gasteiger partial charge in [-0.1, -0.05) is 11.6 Å². The molecule has 0 saturated carbocycles. The predicted octanol–water partition coefficient (Wildman–Crippen LogP) is 3.40. The van der Waals surface area contributed by atoms with Crippen molar-refractivity contribution in [3.05, 3.63) is 41.0 Å². The Morgan fingerprint density at radius 3 is 3.06 bits per heavy atom. The quantitative estimate of drug-likeness (QED) is 0.809. The van der Waals surface area contributed by atoms with Crippen LogP contribution in [0.3, 0.4) is 0 Å². The van der Waals surface area contributed by atoms with Crippen molar-refractivity contribution in [2.75, 3.05) is 6.61 Å². The summed E-state index contributed by atoms with van der Waals surface area (Å²) in [6.07, 6.45) is 4.77. The molecule has 1 atom stereocenters. The zero-order valence-electron chi connectivity index (χ0n) is 10.6. The maximum atomic E-state index is 9.85. The smallest absolute Gasteiger partial charge is 0.120 e. The van der Waals surface area contributed by atoms with Crippen LogP contribution in [0.5, 0.6) is 5.75 Å². The van der Waals surface area contributed by atoms with E-state index in [4.69, 9.17) is 4.74 Å². The van der Waals surface area contributed by atoms with Gasteiger partial charge in [0.25, 0.3) is 0 Å². The highest BCUT2D eigenvalue weighted by Crippen LogP contribution is 2.31. The number of ether oxygens (including phenoxy) is 1. The van der Waals surface area contributed by atoms with Gasteiger partial charge in [-0.05, 0) is 62.4 Å². The van der Waals surface area contributed by atoms with Gasteiger partial charge in [0.15, 0.2) is 0 Å². The molecule has 0 aliphatic heterocycles. The van der Waals surface area contributed by atoms with Crippen LogP contribution in [0.2, 0.25) is 0 Å². The summed E-state index contributed by atoms with van der Waals surface area (Å²) < 4.78 is 5.66. The van der Waals surface area contributed by atoms with E-state index in [1.165, 1.54) is 11.1 Å². The lowest BCUT2D eigenvalue weighted by molar-refractivity contribution is 0.156. The first-order valence-electron chi connectivity index (χ1n) is 6.24. The summed E-state index contributed by atoms with van der Waals surface area (Å²) in [5.74, 6) is 0.898. The van der Waals surface area contributed by atoms with Gasteiger partial charge in [0, 0.05) is 0 Å². The fourth-order valence-electron chi connectivity index (χ4n) is 2.16. The van der Waals surface area contributed by atoms with E-state index in [0.29, 0.717) is 6.61 Å². The van der Waals surface area contributed by atoms with Crippen LogP contribution in [0.4, 0.5) is 0 Å². The molecule has 1 N–H and O–H groups in total. The van der Waals surface area contributed by atoms with Gasteiger partial charge in [0.2, 0.25) is 0 Å². The molecule has 92 valence electrons. The molecule has 2 heteroatoms. The largest absolute Gasteiger partial charge is 0.490 e. The zero-order valence-corrected chi connectivity index (χ0v) is 10.6. The molecule has 2 nitrogen and oxygen atoms in total. The van der Waals surface area contributed by atoms with Crippen molar-refractivity contribution in [2.24, 2.45) is 0 Å². The molecule has 1 unspecified atom stereocenters. The Hall–Kier alpha value is -1.28. The fraction of sp³-hybridized carbons (Fsp3) is 0.467. The highest BCUT2D eigenvalue weighted by atomic mass is 16.5. The van der Waals surface area contributed by atoms with Crippen LogP contribution in [-0.2, 0) is 6.42 Å². The van der Waals surface area contributed by atoms with E-state index < -0.39 is 0 Å². The number of hydrogen-bond donors (Lipinski definition) is 1. The van der Waals surface area contributed by atoms with Crippen LogP contribution in [-0.4, -0.2) is 11.7 Å². The predicted molar refractivity (Wildman–Crippen MR) is 69.3 cm³/mol. The summed E-state index contributed by atoms with van der Waals surface area (Å²) in [6, 6.07) is 6.01. The maximum Gasteiger partial charge on any atom is 0.120 e. The lowest BCUT2D eigenvalue weighted by Gasteiger charge is -2.21. The number of rotatable bonds is 3. The molecule has 2 rings (SSSR count). The Kier molecular flexibility index (Phi) is 3.85. The minimum absolute atomic E-state index is 0.286. The molecule has 1 aromatic carbocycles. The van der Waals surface area contributed by atoms with Gasteiger partial charge >= 0.3 is 0 Å². The third kappa shape index (κ3) is 3.10. The molecule has 0 spiro atoms. The van der Waals surface area contributed by atoms with E-state index in [1.807, 2.05) is 12.1 Å². The monoisotopic (exact) mass is 232 g/mol. The van der Waals surface area contributed by atoms with E-state index in [-0.39, 0.29) is 6.10 Å². The molecular weight excluding hydrogens is 212 g/mol. The Bertz CT molecular complexity index is 417. The number of hydrogen-bond acceptors (Lipinski definition) is 2. The summed E-state index contributed by atoms with van der Waals surface area (Å²) in [5, 5.41) is 9.85. The van der Waals surface area contributed by atoms with Crippen molar-refractivity contribution in [2.45, 2.75) is 39.2 Å². The lowest BCUT2D eigenvalue weighted by atomic mass is 9.89. The van der Waals surface area contributed by atoms with Crippen molar-refractivity contribution in [3.63, 3.8) is 0 Å². The minimum Gasteiger partial charge on any atom is -0.490 e. The summed E-state index contributed by atoms with van der Waals surface area (Å²) in [7, 11) is 0. The molecule has 0 saturated heterocycles. The lowest BCUT2D eigenvalue weighted by Crippen LogP contribution is -2.09. The SMILES string of the molecule is CC(C)=CCOc1ccc2c(c1)CCCC2O. The first-order valence-corrected chi connectivity index (χ1v) is 6.24. The van der Waals surface area contributed by atoms with E-state index in [0.717, 1.165) is 30.6 Å². The van der Waals surface area contributed by atoms with E-state index >= 15 is 0 Å². The molecule has 0 heterocycles. The Labute approximate surface area is 103 Å². The van der Waals surface area contributed by atoms with Gasteiger partial charge in [-0.2, -0.15) is 0 Å². The third-order valence-corrected chi connectivity index (χ3v) is 3.14. The number of benzene rings is 1. The van der Waals surface area contributed by atoms with Crippen LogP contribution < -0.4 is 4.74 Å². The number of aliphatic hydroxyl groups excluding tert-OH is 1. The van der Waals surface area contributed by atoms with E-state index in [9.17, 15) is 5.11 Å². The summed E-state index contributed by atoms with van der Waals surface area (Å²) >= 11 is 0. The van der Waals surface area contributed by atoms with Gasteiger partial charge < -0.3 is 9.84 Å². The molecule has 0 amide bonds. The fourth-order valence-corrected chi connectivity index (χ4v) is 2.16. The van der Waals surface area contributed by atoms with Gasteiger partial charge in [0.05, 0.1) is 6.10 Å². The molecule has 17 heavy (non-hydrogen) atoms. The number of aliphatic hydroxyl groups is 1. The highest BCUT2D eigenvalue weighted by Gasteiger charge is 2.17. The second kappa shape index (κ2) is 5.37. The van der Waals surface area contributed by atoms with Gasteiger partial charge in [-0.25, -0.2) is 0 Å². The normalized spacial score (nSPS) is 18.4. The first kappa shape index (κ1) is 12.2. The second-order valence-corrected chi connectivity index (χ2v) is 4.86. The van der Waals surface area contributed by atoms with Gasteiger partial charge in [-0.15, -0.1) is 0 Å². The molecule has 0 radical (unpaired) electrons. The Morgan fingerprint density at radius 2 is 2.29 bits per heavy atom. The van der Waals surface area contributed by atoms with E-state index in [2.05, 4.69) is 26.0 Å². The molecule has 0 aromatic heterocycles. The van der Waals surface area contributed by atoms with Crippen LogP contribution in [0.25, 0.3) is 0 Å². The highest BCUT2D eigenvalue weighted by molar-refractivity contribution is 5.38. The molecule has 0 bridgehead atoms. The third-order valence-electron chi connectivity index (χ3n) is 3.14. The molecular formula is C15H20O2. The van der Waals surface area contributed by atoms with Crippen LogP contribution >= 0.6 is 0 Å². The second-order valence-electron chi connectivity index (χ2n) is 4.86. The number of aryl methyl sites for hydroxylation is 1.